The predicted octanol–water partition coefficient (Wildman–Crippen LogP) is 1.38. The number of β-amino-alcohol motifs (C(OH)–C–C–N with tert-alkyl or cyclic N) is 2. The Morgan fingerprint density at radius 3 is 2.39 bits per heavy atom. The molecular formula is C15H17NO2. The van der Waals surface area contributed by atoms with Crippen LogP contribution < -0.4 is 0 Å². The number of nitrogens with zero attached hydrogens (tertiary/aromatic N) is 1. The van der Waals surface area contributed by atoms with Gasteiger partial charge in [0.1, 0.15) is 0 Å². The highest BCUT2D eigenvalue weighted by molar-refractivity contribution is 5.85. The molecule has 2 aromatic rings. The Bertz CT molecular complexity index is 540. The van der Waals surface area contributed by atoms with Gasteiger partial charge in [-0.15, -0.1) is 0 Å². The zero-order chi connectivity index (χ0) is 12.5. The van der Waals surface area contributed by atoms with Gasteiger partial charge in [0.05, 0.1) is 12.2 Å². The Hall–Kier alpha value is -1.42. The van der Waals surface area contributed by atoms with Gasteiger partial charge in [0.2, 0.25) is 0 Å². The topological polar surface area (TPSA) is 43.7 Å². The summed E-state index contributed by atoms with van der Waals surface area (Å²) < 4.78 is 0. The second-order valence-corrected chi connectivity index (χ2v) is 4.97. The van der Waals surface area contributed by atoms with Crippen molar-refractivity contribution in [1.82, 2.24) is 4.90 Å². The summed E-state index contributed by atoms with van der Waals surface area (Å²) in [6.07, 6.45) is -1.22. The van der Waals surface area contributed by atoms with Gasteiger partial charge in [0, 0.05) is 19.6 Å². The number of aliphatic hydroxyl groups excluding tert-OH is 2. The molecule has 2 N–H and O–H groups in total. The lowest BCUT2D eigenvalue weighted by atomic mass is 10.0. The molecule has 1 aliphatic rings. The van der Waals surface area contributed by atoms with Crippen LogP contribution in [-0.4, -0.2) is 40.4 Å². The van der Waals surface area contributed by atoms with Gasteiger partial charge >= 0.3 is 0 Å². The minimum Gasteiger partial charge on any atom is -0.389 e. The van der Waals surface area contributed by atoms with Crippen LogP contribution in [0, 0.1) is 0 Å². The fraction of sp³-hybridized carbons (Fsp3) is 0.333. The van der Waals surface area contributed by atoms with E-state index < -0.39 is 12.2 Å². The van der Waals surface area contributed by atoms with Gasteiger partial charge < -0.3 is 10.2 Å². The summed E-state index contributed by atoms with van der Waals surface area (Å²) in [5.41, 5.74) is 1.24. The van der Waals surface area contributed by atoms with Gasteiger partial charge in [-0.25, -0.2) is 0 Å². The lowest BCUT2D eigenvalue weighted by Gasteiger charge is -2.16. The molecule has 0 aliphatic carbocycles. The minimum absolute atomic E-state index is 0.546. The molecule has 3 heteroatoms. The van der Waals surface area contributed by atoms with E-state index in [4.69, 9.17) is 0 Å². The van der Waals surface area contributed by atoms with Gasteiger partial charge in [-0.05, 0) is 16.3 Å². The van der Waals surface area contributed by atoms with Gasteiger partial charge in [0.15, 0.2) is 0 Å². The van der Waals surface area contributed by atoms with E-state index in [1.807, 2.05) is 12.1 Å². The first-order valence-electron chi connectivity index (χ1n) is 6.29. The highest BCUT2D eigenvalue weighted by Gasteiger charge is 2.29. The normalized spacial score (nSPS) is 24.8. The van der Waals surface area contributed by atoms with Crippen LogP contribution in [0.3, 0.4) is 0 Å². The number of rotatable bonds is 2. The highest BCUT2D eigenvalue weighted by Crippen LogP contribution is 2.21. The van der Waals surface area contributed by atoms with Crippen LogP contribution in [-0.2, 0) is 6.54 Å². The molecule has 0 unspecified atom stereocenters. The van der Waals surface area contributed by atoms with Crippen molar-refractivity contribution in [1.29, 1.82) is 0 Å². The molecule has 1 heterocycles. The molecule has 1 aliphatic heterocycles. The van der Waals surface area contributed by atoms with Crippen LogP contribution in [0.25, 0.3) is 10.8 Å². The molecule has 0 amide bonds. The number of fused-ring (bicyclic) bond motifs is 1. The summed E-state index contributed by atoms with van der Waals surface area (Å²) >= 11 is 0. The van der Waals surface area contributed by atoms with Gasteiger partial charge in [-0.3, -0.25) is 4.90 Å². The minimum atomic E-state index is -0.611. The van der Waals surface area contributed by atoms with E-state index in [1.165, 1.54) is 16.3 Å². The van der Waals surface area contributed by atoms with E-state index in [0.29, 0.717) is 13.1 Å². The summed E-state index contributed by atoms with van der Waals surface area (Å²) in [6, 6.07) is 14.6. The summed E-state index contributed by atoms with van der Waals surface area (Å²) in [7, 11) is 0. The maximum absolute atomic E-state index is 9.57. The van der Waals surface area contributed by atoms with Crippen molar-refractivity contribution in [2.75, 3.05) is 13.1 Å². The van der Waals surface area contributed by atoms with Crippen LogP contribution in [0.5, 0.6) is 0 Å². The van der Waals surface area contributed by atoms with E-state index in [9.17, 15) is 10.2 Å². The molecule has 0 aromatic heterocycles. The largest absolute Gasteiger partial charge is 0.389 e. The first kappa shape index (κ1) is 11.7. The van der Waals surface area contributed by atoms with Crippen molar-refractivity contribution in [3.63, 3.8) is 0 Å². The summed E-state index contributed by atoms with van der Waals surface area (Å²) in [5.74, 6) is 0. The second kappa shape index (κ2) is 4.69. The molecule has 0 radical (unpaired) electrons. The molecule has 94 valence electrons. The molecule has 1 saturated heterocycles. The SMILES string of the molecule is O[C@H]1CN(Cc2cccc3ccccc23)C[C@@H]1O. The molecule has 2 aromatic carbocycles. The Morgan fingerprint density at radius 2 is 1.61 bits per heavy atom. The third-order valence-corrected chi connectivity index (χ3v) is 3.61. The van der Waals surface area contributed by atoms with Crippen LogP contribution >= 0.6 is 0 Å². The highest BCUT2D eigenvalue weighted by atomic mass is 16.3. The number of benzene rings is 2. The van der Waals surface area contributed by atoms with Crippen molar-refractivity contribution in [3.05, 3.63) is 48.0 Å². The Morgan fingerprint density at radius 1 is 0.944 bits per heavy atom. The molecule has 18 heavy (non-hydrogen) atoms. The monoisotopic (exact) mass is 243 g/mol. The van der Waals surface area contributed by atoms with E-state index in [-0.39, 0.29) is 0 Å². The standard InChI is InChI=1S/C15H17NO2/c17-14-9-16(10-15(14)18)8-12-6-3-5-11-4-1-2-7-13(11)12/h1-7,14-15,17-18H,8-10H2/t14-,15-/m0/s1. The first-order chi connectivity index (χ1) is 8.74. The quantitative estimate of drug-likeness (QED) is 0.837. The van der Waals surface area contributed by atoms with Crippen LogP contribution in [0.15, 0.2) is 42.5 Å². The molecule has 3 nitrogen and oxygen atoms in total. The Balaban J connectivity index is 1.87. The molecule has 3 rings (SSSR count). The van der Waals surface area contributed by atoms with Gasteiger partial charge in [-0.1, -0.05) is 42.5 Å². The van der Waals surface area contributed by atoms with E-state index >= 15 is 0 Å². The molecule has 2 atom stereocenters. The number of likely N-dealkylation sites (tertiary alicyclic amines) is 1. The van der Waals surface area contributed by atoms with Crippen LogP contribution in [0.2, 0.25) is 0 Å². The number of aliphatic hydroxyl groups is 2. The maximum atomic E-state index is 9.57. The molecule has 0 bridgehead atoms. The van der Waals surface area contributed by atoms with Crippen LogP contribution in [0.1, 0.15) is 5.56 Å². The molecular weight excluding hydrogens is 226 g/mol. The van der Waals surface area contributed by atoms with Crippen molar-refractivity contribution in [3.8, 4) is 0 Å². The third-order valence-electron chi connectivity index (χ3n) is 3.61. The molecule has 0 saturated carbocycles. The fourth-order valence-corrected chi connectivity index (χ4v) is 2.65. The van der Waals surface area contributed by atoms with Crippen molar-refractivity contribution in [2.24, 2.45) is 0 Å². The maximum Gasteiger partial charge on any atom is 0.0938 e. The van der Waals surface area contributed by atoms with E-state index in [0.717, 1.165) is 6.54 Å². The summed E-state index contributed by atoms with van der Waals surface area (Å²) in [4.78, 5) is 2.09. The number of hydrogen-bond acceptors (Lipinski definition) is 3. The molecule has 0 spiro atoms. The lowest BCUT2D eigenvalue weighted by Crippen LogP contribution is -2.22. The lowest BCUT2D eigenvalue weighted by molar-refractivity contribution is 0.0572. The van der Waals surface area contributed by atoms with Crippen molar-refractivity contribution < 1.29 is 10.2 Å². The summed E-state index contributed by atoms with van der Waals surface area (Å²) in [5, 5.41) is 21.6. The first-order valence-corrected chi connectivity index (χ1v) is 6.29. The van der Waals surface area contributed by atoms with Crippen molar-refractivity contribution in [2.45, 2.75) is 18.8 Å². The Labute approximate surface area is 106 Å². The average molecular weight is 243 g/mol. The second-order valence-electron chi connectivity index (χ2n) is 4.97. The van der Waals surface area contributed by atoms with E-state index in [1.54, 1.807) is 0 Å². The summed E-state index contributed by atoms with van der Waals surface area (Å²) in [6.45, 7) is 1.87. The zero-order valence-electron chi connectivity index (χ0n) is 10.2. The predicted molar refractivity (Wildman–Crippen MR) is 71.2 cm³/mol. The Kier molecular flexibility index (Phi) is 3.04. The average Bonchev–Trinajstić information content (AvgIpc) is 2.69. The van der Waals surface area contributed by atoms with Gasteiger partial charge in [0.25, 0.3) is 0 Å². The fourth-order valence-electron chi connectivity index (χ4n) is 2.65. The third kappa shape index (κ3) is 2.12. The molecule has 1 fully saturated rings. The smallest absolute Gasteiger partial charge is 0.0938 e. The van der Waals surface area contributed by atoms with Crippen LogP contribution in [0.4, 0.5) is 0 Å². The van der Waals surface area contributed by atoms with E-state index in [2.05, 4.69) is 35.2 Å². The zero-order valence-corrected chi connectivity index (χ0v) is 10.2. The number of hydrogen-bond donors (Lipinski definition) is 2. The van der Waals surface area contributed by atoms with Gasteiger partial charge in [-0.2, -0.15) is 0 Å². The van der Waals surface area contributed by atoms with Crippen molar-refractivity contribution >= 4 is 10.8 Å².